The van der Waals surface area contributed by atoms with Gasteiger partial charge in [-0.2, -0.15) is 4.31 Å². The molecule has 1 aliphatic carbocycles. The van der Waals surface area contributed by atoms with Crippen LogP contribution in [-0.4, -0.2) is 25.3 Å². The Morgan fingerprint density at radius 3 is 2.53 bits per heavy atom. The van der Waals surface area contributed by atoms with Gasteiger partial charge in [0.2, 0.25) is 10.0 Å². The van der Waals surface area contributed by atoms with Crippen LogP contribution in [0.1, 0.15) is 39.0 Å². The van der Waals surface area contributed by atoms with Crippen LogP contribution in [0.2, 0.25) is 0 Å². The van der Waals surface area contributed by atoms with Gasteiger partial charge in [0.1, 0.15) is 0 Å². The van der Waals surface area contributed by atoms with E-state index in [1.165, 1.54) is 6.42 Å². The number of anilines is 1. The van der Waals surface area contributed by atoms with Crippen LogP contribution < -0.4 is 5.73 Å². The first-order valence-corrected chi connectivity index (χ1v) is 8.37. The molecule has 0 bridgehead atoms. The summed E-state index contributed by atoms with van der Waals surface area (Å²) in [7, 11) is -3.42. The molecule has 1 aromatic rings. The molecule has 106 valence electrons. The lowest BCUT2D eigenvalue weighted by Crippen LogP contribution is -2.41. The molecule has 0 atom stereocenters. The summed E-state index contributed by atoms with van der Waals surface area (Å²) in [6, 6.07) is 6.70. The third kappa shape index (κ3) is 3.09. The Morgan fingerprint density at radius 2 is 1.95 bits per heavy atom. The highest BCUT2D eigenvalue weighted by Gasteiger charge is 2.30. The van der Waals surface area contributed by atoms with Gasteiger partial charge in [-0.1, -0.05) is 32.3 Å². The molecule has 0 spiro atoms. The number of nitrogen functional groups attached to an aromatic ring is 1. The van der Waals surface area contributed by atoms with E-state index in [9.17, 15) is 8.42 Å². The first-order chi connectivity index (χ1) is 9.05. The summed E-state index contributed by atoms with van der Waals surface area (Å²) >= 11 is 0. The van der Waals surface area contributed by atoms with Crippen LogP contribution in [0.3, 0.4) is 0 Å². The lowest BCUT2D eigenvalue weighted by atomic mass is 9.95. The molecule has 5 heteroatoms. The molecule has 2 rings (SSSR count). The lowest BCUT2D eigenvalue weighted by molar-refractivity contribution is 0.261. The molecule has 0 radical (unpaired) electrons. The fourth-order valence-electron chi connectivity index (χ4n) is 2.80. The van der Waals surface area contributed by atoms with Gasteiger partial charge in [-0.25, -0.2) is 8.42 Å². The lowest BCUT2D eigenvalue weighted by Gasteiger charge is -2.32. The largest absolute Gasteiger partial charge is 0.399 e. The summed E-state index contributed by atoms with van der Waals surface area (Å²) in [4.78, 5) is 0.305. The van der Waals surface area contributed by atoms with Crippen molar-refractivity contribution < 1.29 is 8.42 Å². The van der Waals surface area contributed by atoms with Gasteiger partial charge >= 0.3 is 0 Å². The monoisotopic (exact) mass is 282 g/mol. The molecule has 0 amide bonds. The average Bonchev–Trinajstić information content (AvgIpc) is 2.40. The SMILES string of the molecule is CCN(C1CCCCC1)S(=O)(=O)c1cccc(N)c1. The Labute approximate surface area is 115 Å². The number of sulfonamides is 1. The summed E-state index contributed by atoms with van der Waals surface area (Å²) in [6.07, 6.45) is 5.39. The van der Waals surface area contributed by atoms with E-state index in [4.69, 9.17) is 5.73 Å². The van der Waals surface area contributed by atoms with Crippen LogP contribution in [0.15, 0.2) is 29.2 Å². The third-order valence-corrected chi connectivity index (χ3v) is 5.78. The van der Waals surface area contributed by atoms with Gasteiger partial charge in [0.05, 0.1) is 4.90 Å². The number of nitrogens with two attached hydrogens (primary N) is 1. The molecule has 0 heterocycles. The van der Waals surface area contributed by atoms with Crippen molar-refractivity contribution in [3.05, 3.63) is 24.3 Å². The molecular formula is C14H22N2O2S. The van der Waals surface area contributed by atoms with E-state index in [0.29, 0.717) is 17.1 Å². The topological polar surface area (TPSA) is 63.4 Å². The maximum atomic E-state index is 12.7. The maximum Gasteiger partial charge on any atom is 0.243 e. The van der Waals surface area contributed by atoms with Gasteiger partial charge in [-0.15, -0.1) is 0 Å². The Morgan fingerprint density at radius 1 is 1.26 bits per heavy atom. The van der Waals surface area contributed by atoms with Crippen LogP contribution in [-0.2, 0) is 10.0 Å². The molecule has 0 aliphatic heterocycles. The minimum absolute atomic E-state index is 0.144. The van der Waals surface area contributed by atoms with Gasteiger partial charge in [0.25, 0.3) is 0 Å². The van der Waals surface area contributed by atoms with E-state index in [1.54, 1.807) is 28.6 Å². The molecule has 4 nitrogen and oxygen atoms in total. The van der Waals surface area contributed by atoms with E-state index in [0.717, 1.165) is 25.7 Å². The smallest absolute Gasteiger partial charge is 0.243 e. The van der Waals surface area contributed by atoms with Crippen molar-refractivity contribution in [1.82, 2.24) is 4.31 Å². The second kappa shape index (κ2) is 5.92. The number of hydrogen-bond acceptors (Lipinski definition) is 3. The zero-order valence-corrected chi connectivity index (χ0v) is 12.2. The molecule has 1 aliphatic rings. The average molecular weight is 282 g/mol. The Balaban J connectivity index is 2.30. The minimum atomic E-state index is -3.42. The number of hydrogen-bond donors (Lipinski definition) is 1. The normalized spacial score (nSPS) is 17.8. The second-order valence-corrected chi connectivity index (χ2v) is 6.96. The summed E-state index contributed by atoms with van der Waals surface area (Å²) in [5.74, 6) is 0. The Hall–Kier alpha value is -1.07. The predicted octanol–water partition coefficient (Wildman–Crippen LogP) is 2.61. The van der Waals surface area contributed by atoms with Gasteiger partial charge in [0.15, 0.2) is 0 Å². The van der Waals surface area contributed by atoms with Crippen molar-refractivity contribution in [2.75, 3.05) is 12.3 Å². The van der Waals surface area contributed by atoms with Gasteiger partial charge in [0, 0.05) is 18.3 Å². The number of rotatable bonds is 4. The molecule has 1 saturated carbocycles. The van der Waals surface area contributed by atoms with Gasteiger partial charge < -0.3 is 5.73 Å². The molecule has 2 N–H and O–H groups in total. The Bertz CT molecular complexity index is 522. The number of benzene rings is 1. The van der Waals surface area contributed by atoms with Crippen molar-refractivity contribution in [2.24, 2.45) is 0 Å². The summed E-state index contributed by atoms with van der Waals surface area (Å²) < 4.78 is 27.0. The molecule has 0 aromatic heterocycles. The predicted molar refractivity (Wildman–Crippen MR) is 77.3 cm³/mol. The quantitative estimate of drug-likeness (QED) is 0.863. The fourth-order valence-corrected chi connectivity index (χ4v) is 4.55. The van der Waals surface area contributed by atoms with Crippen LogP contribution in [0.5, 0.6) is 0 Å². The van der Waals surface area contributed by atoms with Crippen molar-refractivity contribution in [3.8, 4) is 0 Å². The van der Waals surface area contributed by atoms with Crippen LogP contribution in [0.4, 0.5) is 5.69 Å². The van der Waals surface area contributed by atoms with Crippen molar-refractivity contribution in [3.63, 3.8) is 0 Å². The number of nitrogens with zero attached hydrogens (tertiary/aromatic N) is 1. The van der Waals surface area contributed by atoms with E-state index in [-0.39, 0.29) is 6.04 Å². The molecule has 1 fully saturated rings. The van der Waals surface area contributed by atoms with Crippen LogP contribution in [0.25, 0.3) is 0 Å². The van der Waals surface area contributed by atoms with Crippen molar-refractivity contribution >= 4 is 15.7 Å². The van der Waals surface area contributed by atoms with Gasteiger partial charge in [-0.3, -0.25) is 0 Å². The van der Waals surface area contributed by atoms with E-state index in [2.05, 4.69) is 0 Å². The zero-order chi connectivity index (χ0) is 13.9. The summed E-state index contributed by atoms with van der Waals surface area (Å²) in [6.45, 7) is 2.42. The highest BCUT2D eigenvalue weighted by atomic mass is 32.2. The third-order valence-electron chi connectivity index (χ3n) is 3.76. The van der Waals surface area contributed by atoms with Crippen LogP contribution >= 0.6 is 0 Å². The Kier molecular flexibility index (Phi) is 4.47. The van der Waals surface area contributed by atoms with Crippen molar-refractivity contribution in [2.45, 2.75) is 50.0 Å². The standard InChI is InChI=1S/C14H22N2O2S/c1-2-16(13-8-4-3-5-9-13)19(17,18)14-10-6-7-12(15)11-14/h6-7,10-11,13H,2-5,8-9,15H2,1H3. The first kappa shape index (κ1) is 14.3. The van der Waals surface area contributed by atoms with Crippen molar-refractivity contribution in [1.29, 1.82) is 0 Å². The summed E-state index contributed by atoms with van der Waals surface area (Å²) in [5, 5.41) is 0. The van der Waals surface area contributed by atoms with E-state index < -0.39 is 10.0 Å². The maximum absolute atomic E-state index is 12.7. The highest BCUT2D eigenvalue weighted by Crippen LogP contribution is 2.28. The van der Waals surface area contributed by atoms with Crippen LogP contribution in [0, 0.1) is 0 Å². The second-order valence-electron chi connectivity index (χ2n) is 5.07. The fraction of sp³-hybridized carbons (Fsp3) is 0.571. The zero-order valence-electron chi connectivity index (χ0n) is 11.4. The highest BCUT2D eigenvalue weighted by molar-refractivity contribution is 7.89. The molecule has 19 heavy (non-hydrogen) atoms. The van der Waals surface area contributed by atoms with E-state index in [1.807, 2.05) is 6.92 Å². The molecular weight excluding hydrogens is 260 g/mol. The molecule has 0 saturated heterocycles. The molecule has 0 unspecified atom stereocenters. The van der Waals surface area contributed by atoms with Gasteiger partial charge in [-0.05, 0) is 31.0 Å². The first-order valence-electron chi connectivity index (χ1n) is 6.93. The summed E-state index contributed by atoms with van der Waals surface area (Å²) in [5.41, 5.74) is 6.18. The minimum Gasteiger partial charge on any atom is -0.399 e. The molecule has 1 aromatic carbocycles. The van der Waals surface area contributed by atoms with E-state index >= 15 is 0 Å².